The predicted octanol–water partition coefficient (Wildman–Crippen LogP) is 5.08. The van der Waals surface area contributed by atoms with Gasteiger partial charge in [0, 0.05) is 5.92 Å². The van der Waals surface area contributed by atoms with E-state index in [1.807, 2.05) is 0 Å². The molecular formula is C24H38O3. The Hall–Kier alpha value is -0.380. The van der Waals surface area contributed by atoms with Crippen LogP contribution in [0.3, 0.4) is 0 Å². The molecule has 1 N–H and O–H groups in total. The molecule has 3 saturated carbocycles. The van der Waals surface area contributed by atoms with Crippen molar-refractivity contribution in [3.63, 3.8) is 0 Å². The van der Waals surface area contributed by atoms with Gasteiger partial charge >= 0.3 is 0 Å². The normalized spacial score (nSPS) is 51.7. The standard InChI is InChI=1S/C24H38O3/c1-22-11-4-5-17(25)15-16(22)6-7-18-19-8-9-21(24(3)26-13-14-27-24)23(19,2)12-10-20(18)22/h6,17-21,25H,4-5,7-15H2,1-3H3/t17-,18+,19+,20+,21+,22+,23+/m1/s1. The number of hydrogen-bond acceptors (Lipinski definition) is 3. The molecule has 5 aliphatic rings. The molecule has 27 heavy (non-hydrogen) atoms. The highest BCUT2D eigenvalue weighted by Gasteiger charge is 2.62. The van der Waals surface area contributed by atoms with Gasteiger partial charge in [-0.15, -0.1) is 0 Å². The summed E-state index contributed by atoms with van der Waals surface area (Å²) in [6.07, 6.45) is 13.3. The lowest BCUT2D eigenvalue weighted by atomic mass is 9.48. The monoisotopic (exact) mass is 374 g/mol. The molecule has 4 fully saturated rings. The summed E-state index contributed by atoms with van der Waals surface area (Å²) in [5, 5.41) is 10.3. The Morgan fingerprint density at radius 2 is 1.74 bits per heavy atom. The first-order valence-electron chi connectivity index (χ1n) is 11.5. The third kappa shape index (κ3) is 2.64. The van der Waals surface area contributed by atoms with E-state index in [1.54, 1.807) is 5.57 Å². The van der Waals surface area contributed by atoms with Crippen molar-refractivity contribution in [3.8, 4) is 0 Å². The van der Waals surface area contributed by atoms with E-state index in [4.69, 9.17) is 9.47 Å². The van der Waals surface area contributed by atoms with Crippen molar-refractivity contribution in [1.82, 2.24) is 0 Å². The van der Waals surface area contributed by atoms with E-state index in [2.05, 4.69) is 26.8 Å². The third-order valence-corrected chi connectivity index (χ3v) is 9.81. The Balaban J connectivity index is 1.45. The average Bonchev–Trinajstić information content (AvgIpc) is 3.17. The number of aliphatic hydroxyl groups excluding tert-OH is 1. The summed E-state index contributed by atoms with van der Waals surface area (Å²) in [7, 11) is 0. The highest BCUT2D eigenvalue weighted by atomic mass is 16.7. The summed E-state index contributed by atoms with van der Waals surface area (Å²) in [4.78, 5) is 0. The number of aliphatic hydroxyl groups is 1. The second-order valence-electron chi connectivity index (χ2n) is 10.9. The van der Waals surface area contributed by atoms with E-state index in [0.29, 0.717) is 16.7 Å². The molecule has 0 bridgehead atoms. The molecule has 0 radical (unpaired) electrons. The predicted molar refractivity (Wildman–Crippen MR) is 106 cm³/mol. The van der Waals surface area contributed by atoms with Crippen LogP contribution in [0.25, 0.3) is 0 Å². The summed E-state index contributed by atoms with van der Waals surface area (Å²) in [5.41, 5.74) is 2.26. The zero-order valence-corrected chi connectivity index (χ0v) is 17.5. The van der Waals surface area contributed by atoms with Crippen LogP contribution in [-0.2, 0) is 9.47 Å². The van der Waals surface area contributed by atoms with E-state index in [9.17, 15) is 5.11 Å². The summed E-state index contributed by atoms with van der Waals surface area (Å²) in [6, 6.07) is 0. The van der Waals surface area contributed by atoms with Gasteiger partial charge in [-0.2, -0.15) is 0 Å². The van der Waals surface area contributed by atoms with Crippen molar-refractivity contribution in [2.75, 3.05) is 13.2 Å². The minimum Gasteiger partial charge on any atom is -0.393 e. The summed E-state index contributed by atoms with van der Waals surface area (Å²) in [5.74, 6) is 2.59. The van der Waals surface area contributed by atoms with Crippen molar-refractivity contribution >= 4 is 0 Å². The highest BCUT2D eigenvalue weighted by molar-refractivity contribution is 5.24. The van der Waals surface area contributed by atoms with Gasteiger partial charge in [0.05, 0.1) is 19.3 Å². The van der Waals surface area contributed by atoms with Crippen molar-refractivity contribution in [2.24, 2.45) is 34.5 Å². The second kappa shape index (κ2) is 6.31. The molecular weight excluding hydrogens is 336 g/mol. The fourth-order valence-electron chi connectivity index (χ4n) is 8.47. The largest absolute Gasteiger partial charge is 0.393 e. The zero-order chi connectivity index (χ0) is 18.9. The maximum absolute atomic E-state index is 10.3. The SMILES string of the molecule is CC1([C@H]2CC[C@H]3[C@@H]4CC=C5C[C@H](O)CCC[C@]5(C)[C@H]4CC[C@]23C)OCCO1. The number of hydrogen-bond donors (Lipinski definition) is 1. The van der Waals surface area contributed by atoms with Crippen LogP contribution in [0, 0.1) is 34.5 Å². The van der Waals surface area contributed by atoms with Crippen LogP contribution >= 0.6 is 0 Å². The zero-order valence-electron chi connectivity index (χ0n) is 17.5. The Kier molecular flexibility index (Phi) is 4.35. The Bertz CT molecular complexity index is 621. The molecule has 3 heteroatoms. The van der Waals surface area contributed by atoms with Gasteiger partial charge in [-0.25, -0.2) is 0 Å². The highest BCUT2D eigenvalue weighted by Crippen LogP contribution is 2.67. The van der Waals surface area contributed by atoms with E-state index >= 15 is 0 Å². The van der Waals surface area contributed by atoms with E-state index in [1.165, 1.54) is 44.9 Å². The number of allylic oxidation sites excluding steroid dienone is 1. The molecule has 152 valence electrons. The van der Waals surface area contributed by atoms with Crippen molar-refractivity contribution in [1.29, 1.82) is 0 Å². The van der Waals surface area contributed by atoms with Crippen molar-refractivity contribution in [2.45, 2.75) is 90.4 Å². The van der Waals surface area contributed by atoms with E-state index < -0.39 is 0 Å². The Morgan fingerprint density at radius 1 is 0.963 bits per heavy atom. The number of fused-ring (bicyclic) bond motifs is 5. The van der Waals surface area contributed by atoms with Gasteiger partial charge in [0.15, 0.2) is 5.79 Å². The molecule has 0 unspecified atom stereocenters. The topological polar surface area (TPSA) is 38.7 Å². The van der Waals surface area contributed by atoms with Crippen molar-refractivity contribution < 1.29 is 14.6 Å². The van der Waals surface area contributed by atoms with E-state index in [0.717, 1.165) is 43.8 Å². The lowest BCUT2D eigenvalue weighted by molar-refractivity contribution is -0.214. The first-order valence-corrected chi connectivity index (χ1v) is 11.5. The summed E-state index contributed by atoms with van der Waals surface area (Å²) < 4.78 is 12.3. The minimum absolute atomic E-state index is 0.115. The first kappa shape index (κ1) is 18.6. The summed E-state index contributed by atoms with van der Waals surface area (Å²) in [6.45, 7) is 8.81. The lowest BCUT2D eigenvalue weighted by Crippen LogP contribution is -2.52. The Morgan fingerprint density at radius 3 is 2.52 bits per heavy atom. The Labute approximate surface area is 164 Å². The van der Waals surface area contributed by atoms with Gasteiger partial charge in [0.2, 0.25) is 0 Å². The molecule has 0 aromatic rings. The van der Waals surface area contributed by atoms with Gasteiger partial charge in [-0.1, -0.05) is 25.5 Å². The molecule has 1 aliphatic heterocycles. The van der Waals surface area contributed by atoms with Crippen LogP contribution in [0.2, 0.25) is 0 Å². The molecule has 0 spiro atoms. The smallest absolute Gasteiger partial charge is 0.169 e. The molecule has 1 saturated heterocycles. The second-order valence-corrected chi connectivity index (χ2v) is 10.9. The van der Waals surface area contributed by atoms with Crippen LogP contribution in [0.5, 0.6) is 0 Å². The maximum Gasteiger partial charge on any atom is 0.169 e. The van der Waals surface area contributed by atoms with Crippen LogP contribution < -0.4 is 0 Å². The summed E-state index contributed by atoms with van der Waals surface area (Å²) >= 11 is 0. The van der Waals surface area contributed by atoms with Crippen molar-refractivity contribution in [3.05, 3.63) is 11.6 Å². The van der Waals surface area contributed by atoms with Gasteiger partial charge < -0.3 is 14.6 Å². The number of rotatable bonds is 1. The fraction of sp³-hybridized carbons (Fsp3) is 0.917. The van der Waals surface area contributed by atoms with Crippen LogP contribution in [0.15, 0.2) is 11.6 Å². The van der Waals surface area contributed by atoms with Gasteiger partial charge in [0.25, 0.3) is 0 Å². The third-order valence-electron chi connectivity index (χ3n) is 9.81. The fourth-order valence-corrected chi connectivity index (χ4v) is 8.47. The molecule has 0 aromatic carbocycles. The lowest BCUT2D eigenvalue weighted by Gasteiger charge is -2.57. The molecule has 5 rings (SSSR count). The molecule has 0 amide bonds. The average molecular weight is 375 g/mol. The first-order chi connectivity index (χ1) is 12.9. The van der Waals surface area contributed by atoms with Crippen LogP contribution in [-0.4, -0.2) is 30.2 Å². The van der Waals surface area contributed by atoms with Gasteiger partial charge in [-0.05, 0) is 93.3 Å². The molecule has 7 atom stereocenters. The number of ether oxygens (including phenoxy) is 2. The molecule has 3 nitrogen and oxygen atoms in total. The van der Waals surface area contributed by atoms with Crippen LogP contribution in [0.1, 0.15) is 78.6 Å². The van der Waals surface area contributed by atoms with Gasteiger partial charge in [0.1, 0.15) is 0 Å². The molecule has 0 aromatic heterocycles. The van der Waals surface area contributed by atoms with E-state index in [-0.39, 0.29) is 11.9 Å². The van der Waals surface area contributed by atoms with Crippen LogP contribution in [0.4, 0.5) is 0 Å². The quantitative estimate of drug-likeness (QED) is 0.651. The van der Waals surface area contributed by atoms with Gasteiger partial charge in [-0.3, -0.25) is 0 Å². The molecule has 4 aliphatic carbocycles. The minimum atomic E-state index is -0.359. The molecule has 1 heterocycles. The maximum atomic E-state index is 10.3.